The summed E-state index contributed by atoms with van der Waals surface area (Å²) in [5, 5.41) is 2.13. The third-order valence-corrected chi connectivity index (χ3v) is 8.58. The van der Waals surface area contributed by atoms with Gasteiger partial charge in [0.25, 0.3) is 0 Å². The Morgan fingerprint density at radius 3 is 2.25 bits per heavy atom. The summed E-state index contributed by atoms with van der Waals surface area (Å²) in [5.41, 5.74) is 2.97. The summed E-state index contributed by atoms with van der Waals surface area (Å²) in [5.74, 6) is 0.809. The molecule has 0 radical (unpaired) electrons. The Labute approximate surface area is 193 Å². The van der Waals surface area contributed by atoms with Crippen LogP contribution in [0.1, 0.15) is 38.1 Å². The lowest BCUT2D eigenvalue weighted by atomic mass is 9.95. The zero-order chi connectivity index (χ0) is 22.7. The molecular weight excluding hydrogens is 442 g/mol. The molecule has 4 rings (SSSR count). The van der Waals surface area contributed by atoms with E-state index >= 15 is 0 Å². The van der Waals surface area contributed by atoms with Crippen LogP contribution >= 0.6 is 11.3 Å². The van der Waals surface area contributed by atoms with Crippen LogP contribution in [0.25, 0.3) is 11.3 Å². The first-order valence-electron chi connectivity index (χ1n) is 10.8. The van der Waals surface area contributed by atoms with Crippen molar-refractivity contribution < 1.29 is 13.2 Å². The van der Waals surface area contributed by atoms with Crippen LogP contribution in [0.3, 0.4) is 0 Å². The smallest absolute Gasteiger partial charge is 0.242 e. The van der Waals surface area contributed by atoms with E-state index in [1.807, 2.05) is 36.4 Å². The van der Waals surface area contributed by atoms with Gasteiger partial charge in [0.2, 0.25) is 10.0 Å². The van der Waals surface area contributed by atoms with E-state index in [1.54, 1.807) is 44.7 Å². The van der Waals surface area contributed by atoms with E-state index in [-0.39, 0.29) is 0 Å². The summed E-state index contributed by atoms with van der Waals surface area (Å²) in [6.45, 7) is 0. The van der Waals surface area contributed by atoms with Crippen molar-refractivity contribution in [2.45, 2.75) is 43.0 Å². The van der Waals surface area contributed by atoms with Crippen LogP contribution in [0, 0.1) is 0 Å². The molecule has 170 valence electrons. The molecule has 0 bridgehead atoms. The van der Waals surface area contributed by atoms with E-state index in [0.29, 0.717) is 10.9 Å². The number of methoxy groups -OCH3 is 1. The molecule has 0 spiro atoms. The summed E-state index contributed by atoms with van der Waals surface area (Å²) < 4.78 is 33.7. The minimum atomic E-state index is -3.45. The van der Waals surface area contributed by atoms with E-state index in [2.05, 4.69) is 9.95 Å². The monoisotopic (exact) mass is 471 g/mol. The van der Waals surface area contributed by atoms with E-state index in [1.165, 1.54) is 23.6 Å². The average molecular weight is 472 g/mol. The number of benzene rings is 2. The van der Waals surface area contributed by atoms with Crippen LogP contribution in [-0.4, -0.2) is 38.5 Å². The second kappa shape index (κ2) is 9.60. The Morgan fingerprint density at radius 1 is 1.00 bits per heavy atom. The summed E-state index contributed by atoms with van der Waals surface area (Å²) in [4.78, 5) is 6.20. The number of rotatable bonds is 6. The molecule has 0 saturated heterocycles. The molecule has 32 heavy (non-hydrogen) atoms. The van der Waals surface area contributed by atoms with Gasteiger partial charge in [0.15, 0.2) is 4.80 Å². The van der Waals surface area contributed by atoms with Gasteiger partial charge in [0.05, 0.1) is 23.4 Å². The molecule has 3 aromatic rings. The molecule has 0 amide bonds. The standard InChI is InChI=1S/C24H29N3O3S2/c1-26(2)32(28,29)22-15-9-18(10-16-22)23-17-31-24(27(23)20-7-5-4-6-8-20)25-19-11-13-21(30-3)14-12-19/h9-17,20H,4-8H2,1-3H3. The summed E-state index contributed by atoms with van der Waals surface area (Å²) in [6.07, 6.45) is 5.97. The molecule has 0 unspecified atom stereocenters. The minimum absolute atomic E-state index is 0.300. The fourth-order valence-corrected chi connectivity index (χ4v) is 5.97. The number of sulfonamides is 1. The number of hydrogen-bond donors (Lipinski definition) is 0. The fraction of sp³-hybridized carbons (Fsp3) is 0.375. The topological polar surface area (TPSA) is 63.9 Å². The summed E-state index contributed by atoms with van der Waals surface area (Å²) in [6, 6.07) is 15.3. The number of ether oxygens (including phenoxy) is 1. The Morgan fingerprint density at radius 2 is 1.66 bits per heavy atom. The highest BCUT2D eigenvalue weighted by Crippen LogP contribution is 2.33. The quantitative estimate of drug-likeness (QED) is 0.496. The third-order valence-electron chi connectivity index (χ3n) is 5.91. The lowest BCUT2D eigenvalue weighted by molar-refractivity contribution is 0.351. The maximum absolute atomic E-state index is 12.4. The molecule has 0 aliphatic heterocycles. The van der Waals surface area contributed by atoms with Crippen LogP contribution in [-0.2, 0) is 10.0 Å². The zero-order valence-electron chi connectivity index (χ0n) is 18.7. The Balaban J connectivity index is 1.78. The van der Waals surface area contributed by atoms with E-state index < -0.39 is 10.0 Å². The molecule has 1 fully saturated rings. The zero-order valence-corrected chi connectivity index (χ0v) is 20.3. The van der Waals surface area contributed by atoms with Gasteiger partial charge in [-0.3, -0.25) is 0 Å². The second-order valence-electron chi connectivity index (χ2n) is 8.19. The maximum atomic E-state index is 12.4. The maximum Gasteiger partial charge on any atom is 0.242 e. The Bertz CT molecular complexity index is 1220. The first kappa shape index (κ1) is 22.8. The SMILES string of the molecule is COc1ccc(N=c2scc(-c3ccc(S(=O)(=O)N(C)C)cc3)n2C2CCCCC2)cc1. The molecule has 0 N–H and O–H groups in total. The number of hydrogen-bond acceptors (Lipinski definition) is 5. The highest BCUT2D eigenvalue weighted by atomic mass is 32.2. The lowest BCUT2D eigenvalue weighted by Gasteiger charge is -2.25. The number of aromatic nitrogens is 1. The van der Waals surface area contributed by atoms with Crippen molar-refractivity contribution in [3.8, 4) is 17.0 Å². The van der Waals surface area contributed by atoms with Gasteiger partial charge in [0.1, 0.15) is 5.75 Å². The van der Waals surface area contributed by atoms with E-state index in [9.17, 15) is 8.42 Å². The third kappa shape index (κ3) is 4.67. The van der Waals surface area contributed by atoms with Gasteiger partial charge in [-0.25, -0.2) is 17.7 Å². The largest absolute Gasteiger partial charge is 0.497 e. The van der Waals surface area contributed by atoms with Crippen molar-refractivity contribution in [1.82, 2.24) is 8.87 Å². The first-order valence-corrected chi connectivity index (χ1v) is 13.1. The highest BCUT2D eigenvalue weighted by Gasteiger charge is 2.21. The van der Waals surface area contributed by atoms with Crippen molar-refractivity contribution in [1.29, 1.82) is 0 Å². The van der Waals surface area contributed by atoms with Gasteiger partial charge in [-0.2, -0.15) is 0 Å². The van der Waals surface area contributed by atoms with Crippen LogP contribution < -0.4 is 9.54 Å². The summed E-state index contributed by atoms with van der Waals surface area (Å²) in [7, 11) is 1.30. The van der Waals surface area contributed by atoms with Crippen molar-refractivity contribution in [3.05, 3.63) is 58.7 Å². The van der Waals surface area contributed by atoms with Crippen molar-refractivity contribution in [2.75, 3.05) is 21.2 Å². The molecule has 0 atom stereocenters. The Kier molecular flexibility index (Phi) is 6.83. The van der Waals surface area contributed by atoms with Crippen molar-refractivity contribution >= 4 is 27.0 Å². The van der Waals surface area contributed by atoms with Crippen LogP contribution in [0.5, 0.6) is 5.75 Å². The predicted octanol–water partition coefficient (Wildman–Crippen LogP) is 5.21. The Hall–Kier alpha value is -2.42. The molecule has 1 aliphatic carbocycles. The molecular formula is C24H29N3O3S2. The average Bonchev–Trinajstić information content (AvgIpc) is 3.23. The molecule has 6 nitrogen and oxygen atoms in total. The highest BCUT2D eigenvalue weighted by molar-refractivity contribution is 7.89. The van der Waals surface area contributed by atoms with Crippen LogP contribution in [0.2, 0.25) is 0 Å². The summed E-state index contributed by atoms with van der Waals surface area (Å²) >= 11 is 1.62. The molecule has 1 aromatic heterocycles. The molecule has 2 aromatic carbocycles. The molecule has 1 aliphatic rings. The van der Waals surface area contributed by atoms with Crippen LogP contribution in [0.15, 0.2) is 63.8 Å². The van der Waals surface area contributed by atoms with Gasteiger partial charge in [0, 0.05) is 25.5 Å². The molecule has 1 saturated carbocycles. The van der Waals surface area contributed by atoms with Crippen molar-refractivity contribution in [2.24, 2.45) is 4.99 Å². The lowest BCUT2D eigenvalue weighted by Crippen LogP contribution is -2.24. The van der Waals surface area contributed by atoms with Gasteiger partial charge >= 0.3 is 0 Å². The number of thiazole rings is 1. The van der Waals surface area contributed by atoms with Gasteiger partial charge in [-0.15, -0.1) is 11.3 Å². The fourth-order valence-electron chi connectivity index (χ4n) is 4.08. The predicted molar refractivity (Wildman–Crippen MR) is 129 cm³/mol. The van der Waals surface area contributed by atoms with E-state index in [0.717, 1.165) is 40.3 Å². The van der Waals surface area contributed by atoms with Gasteiger partial charge < -0.3 is 9.30 Å². The van der Waals surface area contributed by atoms with Gasteiger partial charge in [-0.1, -0.05) is 31.4 Å². The van der Waals surface area contributed by atoms with Crippen LogP contribution in [0.4, 0.5) is 5.69 Å². The minimum Gasteiger partial charge on any atom is -0.497 e. The molecule has 8 heteroatoms. The molecule has 1 heterocycles. The van der Waals surface area contributed by atoms with E-state index in [4.69, 9.17) is 9.73 Å². The number of nitrogens with zero attached hydrogens (tertiary/aromatic N) is 3. The van der Waals surface area contributed by atoms with Gasteiger partial charge in [-0.05, 0) is 54.8 Å². The second-order valence-corrected chi connectivity index (χ2v) is 11.2. The first-order chi connectivity index (χ1) is 15.4. The normalized spacial score (nSPS) is 15.9. The van der Waals surface area contributed by atoms with Crippen molar-refractivity contribution in [3.63, 3.8) is 0 Å².